The summed E-state index contributed by atoms with van der Waals surface area (Å²) in [6.45, 7) is 1.88. The Bertz CT molecular complexity index is 680. The highest BCUT2D eigenvalue weighted by molar-refractivity contribution is 9.10. The third kappa shape index (κ3) is 3.16. The summed E-state index contributed by atoms with van der Waals surface area (Å²) in [5.74, 6) is -0.00854. The molecule has 0 aliphatic carbocycles. The molecule has 0 aromatic heterocycles. The number of hydrogen-bond acceptors (Lipinski definition) is 3. The molecule has 0 bridgehead atoms. The smallest absolute Gasteiger partial charge is 0.167 e. The van der Waals surface area contributed by atoms with Crippen molar-refractivity contribution in [3.8, 4) is 17.6 Å². The molecular formula is C15H12BrFN2O. The summed E-state index contributed by atoms with van der Waals surface area (Å²) in [6, 6.07) is 11.1. The maximum absolute atomic E-state index is 13.7. The van der Waals surface area contributed by atoms with Gasteiger partial charge in [-0.3, -0.25) is 0 Å². The van der Waals surface area contributed by atoms with E-state index < -0.39 is 5.82 Å². The van der Waals surface area contributed by atoms with Crippen LogP contribution < -0.4 is 10.5 Å². The summed E-state index contributed by atoms with van der Waals surface area (Å²) in [7, 11) is 0. The van der Waals surface area contributed by atoms with Crippen LogP contribution in [-0.2, 0) is 0 Å². The van der Waals surface area contributed by atoms with Crippen LogP contribution in [0.1, 0.15) is 24.1 Å². The van der Waals surface area contributed by atoms with Gasteiger partial charge < -0.3 is 10.5 Å². The Morgan fingerprint density at radius 1 is 1.30 bits per heavy atom. The van der Waals surface area contributed by atoms with E-state index in [9.17, 15) is 4.39 Å². The van der Waals surface area contributed by atoms with Crippen molar-refractivity contribution in [3.05, 3.63) is 57.8 Å². The van der Waals surface area contributed by atoms with Gasteiger partial charge in [-0.05, 0) is 42.8 Å². The first kappa shape index (κ1) is 14.5. The van der Waals surface area contributed by atoms with Gasteiger partial charge in [0.05, 0.1) is 11.6 Å². The molecule has 3 nitrogen and oxygen atoms in total. The van der Waals surface area contributed by atoms with Crippen LogP contribution in [0.3, 0.4) is 0 Å². The van der Waals surface area contributed by atoms with E-state index in [0.717, 1.165) is 16.1 Å². The second-order valence-electron chi connectivity index (χ2n) is 4.33. The first-order valence-electron chi connectivity index (χ1n) is 5.94. The standard InChI is InChI=1S/C15H12BrFN2O/c1-9(19)12-4-3-11(7-13(12)16)20-15-5-2-10(8-18)6-14(15)17/h2-7,9H,19H2,1H3/t9-/m0/s1. The van der Waals surface area contributed by atoms with Crippen molar-refractivity contribution < 1.29 is 9.13 Å². The summed E-state index contributed by atoms with van der Waals surface area (Å²) in [5.41, 5.74) is 7.01. The van der Waals surface area contributed by atoms with Gasteiger partial charge in [-0.15, -0.1) is 0 Å². The van der Waals surface area contributed by atoms with E-state index in [1.54, 1.807) is 12.1 Å². The van der Waals surface area contributed by atoms with Crippen LogP contribution in [0.2, 0.25) is 0 Å². The number of ether oxygens (including phenoxy) is 1. The number of benzene rings is 2. The van der Waals surface area contributed by atoms with Gasteiger partial charge in [0.2, 0.25) is 0 Å². The van der Waals surface area contributed by atoms with Crippen LogP contribution in [0, 0.1) is 17.1 Å². The largest absolute Gasteiger partial charge is 0.454 e. The average molecular weight is 335 g/mol. The van der Waals surface area contributed by atoms with Gasteiger partial charge in [0.1, 0.15) is 5.75 Å². The van der Waals surface area contributed by atoms with Gasteiger partial charge in [-0.2, -0.15) is 5.26 Å². The molecule has 2 rings (SSSR count). The Balaban J connectivity index is 2.27. The van der Waals surface area contributed by atoms with Gasteiger partial charge in [-0.1, -0.05) is 22.0 Å². The summed E-state index contributed by atoms with van der Waals surface area (Å²) in [5, 5.41) is 8.69. The van der Waals surface area contributed by atoms with Crippen LogP contribution in [0.25, 0.3) is 0 Å². The predicted octanol–water partition coefficient (Wildman–Crippen LogP) is 4.27. The molecule has 2 aromatic rings. The van der Waals surface area contributed by atoms with E-state index in [4.69, 9.17) is 15.7 Å². The minimum Gasteiger partial charge on any atom is -0.454 e. The Morgan fingerprint density at radius 3 is 2.60 bits per heavy atom. The molecule has 102 valence electrons. The lowest BCUT2D eigenvalue weighted by atomic mass is 10.1. The van der Waals surface area contributed by atoms with Gasteiger partial charge in [-0.25, -0.2) is 4.39 Å². The highest BCUT2D eigenvalue weighted by Crippen LogP contribution is 2.30. The molecule has 2 aromatic carbocycles. The van der Waals surface area contributed by atoms with E-state index in [0.29, 0.717) is 5.75 Å². The zero-order valence-electron chi connectivity index (χ0n) is 10.7. The summed E-state index contributed by atoms with van der Waals surface area (Å²) in [6.07, 6.45) is 0. The highest BCUT2D eigenvalue weighted by atomic mass is 79.9. The molecule has 0 aliphatic heterocycles. The monoisotopic (exact) mass is 334 g/mol. The lowest BCUT2D eigenvalue weighted by Gasteiger charge is -2.11. The predicted molar refractivity (Wildman–Crippen MR) is 77.9 cm³/mol. The molecule has 0 saturated carbocycles. The minimum absolute atomic E-state index is 0.0736. The lowest BCUT2D eigenvalue weighted by Crippen LogP contribution is -2.05. The molecule has 0 saturated heterocycles. The first-order chi connectivity index (χ1) is 9.51. The molecule has 1 atom stereocenters. The van der Waals surface area contributed by atoms with Crippen molar-refractivity contribution >= 4 is 15.9 Å². The molecule has 0 amide bonds. The van der Waals surface area contributed by atoms with Crippen molar-refractivity contribution in [1.29, 1.82) is 5.26 Å². The Kier molecular flexibility index (Phi) is 4.38. The average Bonchev–Trinajstić information content (AvgIpc) is 2.40. The van der Waals surface area contributed by atoms with Crippen molar-refractivity contribution in [2.24, 2.45) is 5.73 Å². The molecule has 20 heavy (non-hydrogen) atoms. The van der Waals surface area contributed by atoms with Crippen molar-refractivity contribution in [3.63, 3.8) is 0 Å². The number of nitrogens with zero attached hydrogens (tertiary/aromatic N) is 1. The fraction of sp³-hybridized carbons (Fsp3) is 0.133. The van der Waals surface area contributed by atoms with Crippen molar-refractivity contribution in [2.45, 2.75) is 13.0 Å². The number of rotatable bonds is 3. The fourth-order valence-electron chi connectivity index (χ4n) is 1.72. The maximum Gasteiger partial charge on any atom is 0.167 e. The number of nitriles is 1. The zero-order chi connectivity index (χ0) is 14.7. The third-order valence-electron chi connectivity index (χ3n) is 2.75. The second kappa shape index (κ2) is 6.04. The summed E-state index contributed by atoms with van der Waals surface area (Å²) >= 11 is 3.41. The SMILES string of the molecule is C[C@H](N)c1ccc(Oc2ccc(C#N)cc2F)cc1Br. The topological polar surface area (TPSA) is 59.0 Å². The Labute approximate surface area is 124 Å². The van der Waals surface area contributed by atoms with Gasteiger partial charge >= 0.3 is 0 Å². The van der Waals surface area contributed by atoms with E-state index in [1.165, 1.54) is 12.1 Å². The highest BCUT2D eigenvalue weighted by Gasteiger charge is 2.09. The van der Waals surface area contributed by atoms with Gasteiger partial charge in [0.15, 0.2) is 11.6 Å². The Hall–Kier alpha value is -1.90. The van der Waals surface area contributed by atoms with E-state index >= 15 is 0 Å². The molecular weight excluding hydrogens is 323 g/mol. The zero-order valence-corrected chi connectivity index (χ0v) is 12.3. The molecule has 0 radical (unpaired) electrons. The maximum atomic E-state index is 13.7. The van der Waals surface area contributed by atoms with Crippen LogP contribution in [-0.4, -0.2) is 0 Å². The Morgan fingerprint density at radius 2 is 2.05 bits per heavy atom. The summed E-state index contributed by atoms with van der Waals surface area (Å²) < 4.78 is 20.0. The van der Waals surface area contributed by atoms with Crippen molar-refractivity contribution in [2.75, 3.05) is 0 Å². The molecule has 2 N–H and O–H groups in total. The fourth-order valence-corrected chi connectivity index (χ4v) is 2.44. The third-order valence-corrected chi connectivity index (χ3v) is 3.44. The van der Waals surface area contributed by atoms with Crippen LogP contribution >= 0.6 is 15.9 Å². The second-order valence-corrected chi connectivity index (χ2v) is 5.19. The van der Waals surface area contributed by atoms with E-state index in [1.807, 2.05) is 19.1 Å². The van der Waals surface area contributed by atoms with Crippen LogP contribution in [0.5, 0.6) is 11.5 Å². The van der Waals surface area contributed by atoms with Crippen LogP contribution in [0.15, 0.2) is 40.9 Å². The molecule has 0 spiro atoms. The first-order valence-corrected chi connectivity index (χ1v) is 6.73. The molecule has 0 fully saturated rings. The van der Waals surface area contributed by atoms with Crippen molar-refractivity contribution in [1.82, 2.24) is 0 Å². The molecule has 5 heteroatoms. The van der Waals surface area contributed by atoms with E-state index in [2.05, 4.69) is 15.9 Å². The van der Waals surface area contributed by atoms with Gasteiger partial charge in [0, 0.05) is 10.5 Å². The molecule has 0 aliphatic rings. The lowest BCUT2D eigenvalue weighted by molar-refractivity contribution is 0.441. The minimum atomic E-state index is -0.573. The van der Waals surface area contributed by atoms with Crippen LogP contribution in [0.4, 0.5) is 4.39 Å². The number of halogens is 2. The quantitative estimate of drug-likeness (QED) is 0.911. The number of nitrogens with two attached hydrogens (primary N) is 1. The summed E-state index contributed by atoms with van der Waals surface area (Å²) in [4.78, 5) is 0. The molecule has 0 heterocycles. The normalized spacial score (nSPS) is 11.8. The number of hydrogen-bond donors (Lipinski definition) is 1. The van der Waals surface area contributed by atoms with E-state index in [-0.39, 0.29) is 17.4 Å². The molecule has 0 unspecified atom stereocenters. The van der Waals surface area contributed by atoms with Gasteiger partial charge in [0.25, 0.3) is 0 Å².